The van der Waals surface area contributed by atoms with E-state index in [4.69, 9.17) is 9.84 Å². The average Bonchev–Trinajstić information content (AvgIpc) is 3.26. The number of carboxylic acid groups (broad SMARTS) is 1. The Balaban J connectivity index is 1.72. The van der Waals surface area contributed by atoms with Crippen molar-refractivity contribution in [1.29, 1.82) is 0 Å². The Morgan fingerprint density at radius 2 is 2.17 bits per heavy atom. The van der Waals surface area contributed by atoms with Crippen molar-refractivity contribution in [1.82, 2.24) is 4.72 Å². The first-order chi connectivity index (χ1) is 10.9. The van der Waals surface area contributed by atoms with Crippen LogP contribution in [0.25, 0.3) is 0 Å². The number of carboxylic acids is 1. The minimum Gasteiger partial charge on any atom is -0.479 e. The van der Waals surface area contributed by atoms with Gasteiger partial charge < -0.3 is 9.84 Å². The van der Waals surface area contributed by atoms with Crippen molar-refractivity contribution in [3.05, 3.63) is 24.0 Å². The average molecular weight is 343 g/mol. The molecule has 23 heavy (non-hydrogen) atoms. The predicted molar refractivity (Wildman–Crippen MR) is 79.1 cm³/mol. The summed E-state index contributed by atoms with van der Waals surface area (Å²) in [6.07, 6.45) is 4.03. The Morgan fingerprint density at radius 1 is 1.39 bits per heavy atom. The first-order valence-electron chi connectivity index (χ1n) is 7.53. The second-order valence-electron chi connectivity index (χ2n) is 6.09. The third kappa shape index (κ3) is 3.64. The molecular formula is C15H18FNO5S. The van der Waals surface area contributed by atoms with Crippen LogP contribution < -0.4 is 9.46 Å². The molecule has 3 atom stereocenters. The van der Waals surface area contributed by atoms with Crippen LogP contribution in [-0.4, -0.2) is 32.1 Å². The van der Waals surface area contributed by atoms with Gasteiger partial charge in [-0.05, 0) is 42.9 Å². The largest absolute Gasteiger partial charge is 0.479 e. The normalized spacial score (nSPS) is 26.4. The quantitative estimate of drug-likeness (QED) is 0.821. The van der Waals surface area contributed by atoms with Gasteiger partial charge in [0.2, 0.25) is 10.0 Å². The van der Waals surface area contributed by atoms with Crippen LogP contribution in [0.1, 0.15) is 25.7 Å². The summed E-state index contributed by atoms with van der Waals surface area (Å²) in [6, 6.07) is 3.13. The highest BCUT2D eigenvalue weighted by molar-refractivity contribution is 7.89. The molecule has 2 aliphatic rings. The van der Waals surface area contributed by atoms with Crippen molar-refractivity contribution < 1.29 is 27.4 Å². The minimum absolute atomic E-state index is 0.0789. The smallest absolute Gasteiger partial charge is 0.341 e. The fraction of sp³-hybridized carbons (Fsp3) is 0.533. The Hall–Kier alpha value is -1.67. The Bertz CT molecular complexity index is 721. The molecule has 3 unspecified atom stereocenters. The summed E-state index contributed by atoms with van der Waals surface area (Å²) in [5.41, 5.74) is 0. The van der Waals surface area contributed by atoms with Gasteiger partial charge in [-0.3, -0.25) is 0 Å². The van der Waals surface area contributed by atoms with E-state index in [1.54, 1.807) is 0 Å². The van der Waals surface area contributed by atoms with E-state index < -0.39 is 28.4 Å². The standard InChI is InChI=1S/C15H18FNO5S/c16-12-7-10(4-5-14(12)22-8-15(18)19)23(20,21)17-13-3-1-2-9-6-11(9)13/h4-5,7,9,11,13,17H,1-3,6,8H2,(H,18,19). The van der Waals surface area contributed by atoms with Gasteiger partial charge in [-0.15, -0.1) is 0 Å². The molecule has 0 bridgehead atoms. The number of carbonyl (C=O) groups is 1. The zero-order valence-electron chi connectivity index (χ0n) is 12.4. The van der Waals surface area contributed by atoms with Crippen molar-refractivity contribution in [2.24, 2.45) is 11.8 Å². The van der Waals surface area contributed by atoms with Gasteiger partial charge in [-0.2, -0.15) is 0 Å². The molecule has 0 spiro atoms. The number of nitrogens with one attached hydrogen (secondary N) is 1. The first-order valence-corrected chi connectivity index (χ1v) is 9.01. The van der Waals surface area contributed by atoms with Crippen molar-refractivity contribution in [3.63, 3.8) is 0 Å². The summed E-state index contributed by atoms with van der Waals surface area (Å²) in [5.74, 6) is -1.39. The summed E-state index contributed by atoms with van der Waals surface area (Å²) in [6.45, 7) is -0.688. The highest BCUT2D eigenvalue weighted by atomic mass is 32.2. The molecule has 6 nitrogen and oxygen atoms in total. The number of aliphatic carboxylic acids is 1. The second kappa shape index (κ2) is 6.09. The molecule has 2 fully saturated rings. The van der Waals surface area contributed by atoms with Crippen LogP contribution in [0.2, 0.25) is 0 Å². The van der Waals surface area contributed by atoms with Gasteiger partial charge in [0.05, 0.1) is 4.90 Å². The van der Waals surface area contributed by atoms with E-state index >= 15 is 0 Å². The molecule has 0 amide bonds. The van der Waals surface area contributed by atoms with Crippen LogP contribution in [0, 0.1) is 17.7 Å². The maximum Gasteiger partial charge on any atom is 0.341 e. The van der Waals surface area contributed by atoms with Crippen LogP contribution >= 0.6 is 0 Å². The molecule has 3 rings (SSSR count). The molecule has 0 saturated heterocycles. The fourth-order valence-electron chi connectivity index (χ4n) is 3.23. The lowest BCUT2D eigenvalue weighted by atomic mass is 9.96. The highest BCUT2D eigenvalue weighted by Gasteiger charge is 2.46. The molecule has 8 heteroatoms. The van der Waals surface area contributed by atoms with Crippen LogP contribution in [0.4, 0.5) is 4.39 Å². The number of fused-ring (bicyclic) bond motifs is 1. The first kappa shape index (κ1) is 16.2. The molecule has 0 aromatic heterocycles. The molecule has 0 aliphatic heterocycles. The van der Waals surface area contributed by atoms with E-state index in [0.717, 1.165) is 37.8 Å². The van der Waals surface area contributed by atoms with Gasteiger partial charge in [-0.25, -0.2) is 22.3 Å². The van der Waals surface area contributed by atoms with E-state index in [1.807, 2.05) is 0 Å². The summed E-state index contributed by atoms with van der Waals surface area (Å²) < 4.78 is 46.1. The van der Waals surface area contributed by atoms with E-state index in [2.05, 4.69) is 4.72 Å². The topological polar surface area (TPSA) is 92.7 Å². The monoisotopic (exact) mass is 343 g/mol. The summed E-state index contributed by atoms with van der Waals surface area (Å²) in [7, 11) is -3.80. The number of halogens is 1. The minimum atomic E-state index is -3.80. The molecule has 0 radical (unpaired) electrons. The summed E-state index contributed by atoms with van der Waals surface area (Å²) in [4.78, 5) is 10.2. The van der Waals surface area contributed by atoms with Gasteiger partial charge in [-0.1, -0.05) is 12.8 Å². The number of ether oxygens (including phenoxy) is 1. The summed E-state index contributed by atoms with van der Waals surface area (Å²) in [5, 5.41) is 8.51. The van der Waals surface area contributed by atoms with Gasteiger partial charge >= 0.3 is 5.97 Å². The van der Waals surface area contributed by atoms with Gasteiger partial charge in [0.15, 0.2) is 18.2 Å². The third-order valence-electron chi connectivity index (χ3n) is 4.46. The lowest BCUT2D eigenvalue weighted by molar-refractivity contribution is -0.139. The van der Waals surface area contributed by atoms with E-state index in [1.165, 1.54) is 6.07 Å². The molecule has 2 aliphatic carbocycles. The van der Waals surface area contributed by atoms with Crippen molar-refractivity contribution >= 4 is 16.0 Å². The van der Waals surface area contributed by atoms with Gasteiger partial charge in [0.25, 0.3) is 0 Å². The van der Waals surface area contributed by atoms with Crippen molar-refractivity contribution in [3.8, 4) is 5.75 Å². The summed E-state index contributed by atoms with van der Waals surface area (Å²) >= 11 is 0. The maximum absolute atomic E-state index is 13.9. The molecule has 2 saturated carbocycles. The zero-order chi connectivity index (χ0) is 16.6. The van der Waals surface area contributed by atoms with E-state index in [-0.39, 0.29) is 16.7 Å². The van der Waals surface area contributed by atoms with Gasteiger partial charge in [0.1, 0.15) is 0 Å². The van der Waals surface area contributed by atoms with Crippen LogP contribution in [-0.2, 0) is 14.8 Å². The second-order valence-corrected chi connectivity index (χ2v) is 7.81. The maximum atomic E-state index is 13.9. The molecule has 126 valence electrons. The molecule has 1 aromatic rings. The third-order valence-corrected chi connectivity index (χ3v) is 5.94. The Kier molecular flexibility index (Phi) is 4.29. The number of benzene rings is 1. The predicted octanol–water partition coefficient (Wildman–Crippen LogP) is 1.76. The SMILES string of the molecule is O=C(O)COc1ccc(S(=O)(=O)NC2CCCC3CC32)cc1F. The van der Waals surface area contributed by atoms with Crippen LogP contribution in [0.15, 0.2) is 23.1 Å². The van der Waals surface area contributed by atoms with Crippen LogP contribution in [0.3, 0.4) is 0 Å². The fourth-order valence-corrected chi connectivity index (χ4v) is 4.56. The molecule has 0 heterocycles. The van der Waals surface area contributed by atoms with E-state index in [9.17, 15) is 17.6 Å². The number of sulfonamides is 1. The lowest BCUT2D eigenvalue weighted by Crippen LogP contribution is -2.38. The molecular weight excluding hydrogens is 325 g/mol. The number of hydrogen-bond acceptors (Lipinski definition) is 4. The van der Waals surface area contributed by atoms with Crippen molar-refractivity contribution in [2.75, 3.05) is 6.61 Å². The van der Waals surface area contributed by atoms with Crippen LogP contribution in [0.5, 0.6) is 5.75 Å². The van der Waals surface area contributed by atoms with E-state index in [0.29, 0.717) is 11.8 Å². The zero-order valence-corrected chi connectivity index (χ0v) is 13.2. The highest BCUT2D eigenvalue weighted by Crippen LogP contribution is 2.49. The molecule has 1 aromatic carbocycles. The number of hydrogen-bond donors (Lipinski definition) is 2. The van der Waals surface area contributed by atoms with Gasteiger partial charge in [0, 0.05) is 6.04 Å². The number of rotatable bonds is 6. The Labute approximate surface area is 133 Å². The van der Waals surface area contributed by atoms with Crippen molar-refractivity contribution in [2.45, 2.75) is 36.6 Å². The molecule has 2 N–H and O–H groups in total. The lowest BCUT2D eigenvalue weighted by Gasteiger charge is -2.22. The Morgan fingerprint density at radius 3 is 2.87 bits per heavy atom.